The van der Waals surface area contributed by atoms with E-state index in [9.17, 15) is 4.79 Å². The molecule has 5 nitrogen and oxygen atoms in total. The van der Waals surface area contributed by atoms with Gasteiger partial charge in [-0.2, -0.15) is 0 Å². The third-order valence-corrected chi connectivity index (χ3v) is 5.02. The summed E-state index contributed by atoms with van der Waals surface area (Å²) in [6.45, 7) is 6.78. The van der Waals surface area contributed by atoms with Gasteiger partial charge in [0.15, 0.2) is 0 Å². The van der Waals surface area contributed by atoms with Crippen molar-refractivity contribution in [1.29, 1.82) is 0 Å². The third-order valence-electron chi connectivity index (χ3n) is 4.78. The van der Waals surface area contributed by atoms with Gasteiger partial charge in [0.05, 0.1) is 6.61 Å². The molecule has 1 fully saturated rings. The van der Waals surface area contributed by atoms with E-state index in [0.29, 0.717) is 18.1 Å². The molecule has 1 aromatic carbocycles. The van der Waals surface area contributed by atoms with Crippen LogP contribution in [0.1, 0.15) is 24.0 Å². The molecule has 27 heavy (non-hydrogen) atoms. The minimum absolute atomic E-state index is 0.215. The van der Waals surface area contributed by atoms with Gasteiger partial charge < -0.3 is 9.64 Å². The third kappa shape index (κ3) is 5.94. The molecule has 144 valence electrons. The predicted molar refractivity (Wildman–Crippen MR) is 107 cm³/mol. The number of nitrogens with zero attached hydrogens (tertiary/aromatic N) is 3. The monoisotopic (exact) mass is 387 g/mol. The second kappa shape index (κ2) is 9.72. The van der Waals surface area contributed by atoms with E-state index in [0.717, 1.165) is 50.5 Å². The van der Waals surface area contributed by atoms with Gasteiger partial charge in [0.1, 0.15) is 5.75 Å². The highest BCUT2D eigenvalue weighted by Crippen LogP contribution is 2.22. The van der Waals surface area contributed by atoms with Gasteiger partial charge in [-0.05, 0) is 48.7 Å². The average Bonchev–Trinajstić information content (AvgIpc) is 2.68. The van der Waals surface area contributed by atoms with Gasteiger partial charge in [-0.1, -0.05) is 17.7 Å². The molecule has 0 bridgehead atoms. The lowest BCUT2D eigenvalue weighted by atomic mass is 10.2. The van der Waals surface area contributed by atoms with Crippen LogP contribution in [-0.2, 0) is 11.3 Å². The number of aryl methyl sites for hydroxylation is 1. The smallest absolute Gasteiger partial charge is 0.222 e. The van der Waals surface area contributed by atoms with Crippen LogP contribution in [0, 0.1) is 6.92 Å². The maximum atomic E-state index is 12.4. The van der Waals surface area contributed by atoms with Crippen molar-refractivity contribution in [3.05, 3.63) is 58.9 Å². The zero-order valence-electron chi connectivity index (χ0n) is 15.7. The van der Waals surface area contributed by atoms with Crippen molar-refractivity contribution in [2.75, 3.05) is 32.8 Å². The summed E-state index contributed by atoms with van der Waals surface area (Å²) in [5, 5.41) is 0.706. The van der Waals surface area contributed by atoms with Gasteiger partial charge in [0.25, 0.3) is 0 Å². The summed E-state index contributed by atoms with van der Waals surface area (Å²) in [5.74, 6) is 1.04. The number of rotatable bonds is 7. The Morgan fingerprint density at radius 1 is 1.22 bits per heavy atom. The molecule has 2 aromatic rings. The summed E-state index contributed by atoms with van der Waals surface area (Å²) in [5.41, 5.74) is 2.23. The number of benzene rings is 1. The van der Waals surface area contributed by atoms with Crippen LogP contribution in [0.25, 0.3) is 0 Å². The summed E-state index contributed by atoms with van der Waals surface area (Å²) in [4.78, 5) is 20.9. The Kier molecular flexibility index (Phi) is 7.07. The number of halogens is 1. The Hall–Kier alpha value is -2.11. The molecule has 2 heterocycles. The van der Waals surface area contributed by atoms with Crippen LogP contribution >= 0.6 is 11.6 Å². The van der Waals surface area contributed by atoms with Gasteiger partial charge in [-0.25, -0.2) is 0 Å². The predicted octanol–water partition coefficient (Wildman–Crippen LogP) is 3.55. The molecule has 0 unspecified atom stereocenters. The normalized spacial score (nSPS) is 15.0. The Morgan fingerprint density at radius 2 is 2.04 bits per heavy atom. The van der Waals surface area contributed by atoms with Crippen LogP contribution in [0.15, 0.2) is 42.7 Å². The Morgan fingerprint density at radius 3 is 2.74 bits per heavy atom. The van der Waals surface area contributed by atoms with Crippen LogP contribution < -0.4 is 4.74 Å². The molecule has 1 amide bonds. The summed E-state index contributed by atoms with van der Waals surface area (Å²) >= 11 is 5.95. The average molecular weight is 388 g/mol. The molecule has 1 aliphatic heterocycles. The fourth-order valence-corrected chi connectivity index (χ4v) is 3.47. The van der Waals surface area contributed by atoms with Crippen LogP contribution in [0.4, 0.5) is 0 Å². The molecule has 1 saturated heterocycles. The number of hydrogen-bond acceptors (Lipinski definition) is 4. The fraction of sp³-hybridized carbons (Fsp3) is 0.429. The first-order chi connectivity index (χ1) is 13.1. The summed E-state index contributed by atoms with van der Waals surface area (Å²) in [7, 11) is 0. The van der Waals surface area contributed by atoms with Crippen LogP contribution in [0.3, 0.4) is 0 Å². The number of piperazine rings is 1. The Bertz CT molecular complexity index is 746. The van der Waals surface area contributed by atoms with E-state index >= 15 is 0 Å². The number of aromatic nitrogens is 1. The molecule has 0 radical (unpaired) electrons. The van der Waals surface area contributed by atoms with Crippen molar-refractivity contribution in [2.24, 2.45) is 0 Å². The van der Waals surface area contributed by atoms with E-state index in [1.165, 1.54) is 5.56 Å². The summed E-state index contributed by atoms with van der Waals surface area (Å²) in [6, 6.07) is 9.63. The minimum atomic E-state index is 0.215. The number of carbonyl (C=O) groups is 1. The highest BCUT2D eigenvalue weighted by molar-refractivity contribution is 6.30. The van der Waals surface area contributed by atoms with Crippen molar-refractivity contribution >= 4 is 17.5 Å². The molecule has 3 rings (SSSR count). The van der Waals surface area contributed by atoms with Crippen LogP contribution in [0.2, 0.25) is 5.02 Å². The summed E-state index contributed by atoms with van der Waals surface area (Å²) in [6.07, 6.45) is 4.93. The highest BCUT2D eigenvalue weighted by atomic mass is 35.5. The van der Waals surface area contributed by atoms with Crippen molar-refractivity contribution in [3.63, 3.8) is 0 Å². The first kappa shape index (κ1) is 19.6. The van der Waals surface area contributed by atoms with E-state index in [2.05, 4.69) is 16.0 Å². The number of hydrogen-bond donors (Lipinski definition) is 0. The lowest BCUT2D eigenvalue weighted by Crippen LogP contribution is -2.48. The molecule has 0 N–H and O–H groups in total. The lowest BCUT2D eigenvalue weighted by Gasteiger charge is -2.34. The van der Waals surface area contributed by atoms with E-state index in [1.54, 1.807) is 6.20 Å². The first-order valence-corrected chi connectivity index (χ1v) is 9.77. The van der Waals surface area contributed by atoms with Crippen molar-refractivity contribution in [2.45, 2.75) is 26.3 Å². The van der Waals surface area contributed by atoms with Crippen molar-refractivity contribution < 1.29 is 9.53 Å². The standard InChI is InChI=1S/C21H26ClN3O2/c1-17-14-19(22)6-7-20(17)27-13-3-5-21(26)25-11-9-24(10-12-25)16-18-4-2-8-23-15-18/h2,4,6-8,14-15H,3,5,9-13,16H2,1H3. The quantitative estimate of drug-likeness (QED) is 0.681. The zero-order chi connectivity index (χ0) is 19.1. The van der Waals surface area contributed by atoms with Gasteiger partial charge in [-0.15, -0.1) is 0 Å². The van der Waals surface area contributed by atoms with E-state index in [-0.39, 0.29) is 5.91 Å². The number of amides is 1. The maximum Gasteiger partial charge on any atom is 0.222 e. The molecule has 6 heteroatoms. The maximum absolute atomic E-state index is 12.4. The molecule has 1 aromatic heterocycles. The van der Waals surface area contributed by atoms with Crippen molar-refractivity contribution in [1.82, 2.24) is 14.8 Å². The molecular weight excluding hydrogens is 362 g/mol. The van der Waals surface area contributed by atoms with Gasteiger partial charge >= 0.3 is 0 Å². The molecule has 0 saturated carbocycles. The van der Waals surface area contributed by atoms with Crippen molar-refractivity contribution in [3.8, 4) is 5.75 Å². The minimum Gasteiger partial charge on any atom is -0.493 e. The van der Waals surface area contributed by atoms with Crippen LogP contribution in [0.5, 0.6) is 5.75 Å². The van der Waals surface area contributed by atoms with Gasteiger partial charge in [-0.3, -0.25) is 14.7 Å². The molecule has 0 aliphatic carbocycles. The Balaban J connectivity index is 1.34. The van der Waals surface area contributed by atoms with Gasteiger partial charge in [0.2, 0.25) is 5.91 Å². The second-order valence-electron chi connectivity index (χ2n) is 6.88. The van der Waals surface area contributed by atoms with E-state index < -0.39 is 0 Å². The molecule has 1 aliphatic rings. The zero-order valence-corrected chi connectivity index (χ0v) is 16.5. The summed E-state index contributed by atoms with van der Waals surface area (Å²) < 4.78 is 5.77. The number of carbonyl (C=O) groups excluding carboxylic acids is 1. The topological polar surface area (TPSA) is 45.7 Å². The number of pyridine rings is 1. The van der Waals surface area contributed by atoms with Crippen LogP contribution in [-0.4, -0.2) is 53.5 Å². The fourth-order valence-electron chi connectivity index (χ4n) is 3.24. The molecular formula is C21H26ClN3O2. The lowest BCUT2D eigenvalue weighted by molar-refractivity contribution is -0.133. The second-order valence-corrected chi connectivity index (χ2v) is 7.32. The largest absolute Gasteiger partial charge is 0.493 e. The number of ether oxygens (including phenoxy) is 1. The van der Waals surface area contributed by atoms with Gasteiger partial charge in [0, 0.05) is 56.6 Å². The van der Waals surface area contributed by atoms with E-state index in [1.807, 2.05) is 42.3 Å². The first-order valence-electron chi connectivity index (χ1n) is 9.40. The highest BCUT2D eigenvalue weighted by Gasteiger charge is 2.20. The molecule has 0 atom stereocenters. The Labute approximate surface area is 165 Å². The van der Waals surface area contributed by atoms with E-state index in [4.69, 9.17) is 16.3 Å². The SMILES string of the molecule is Cc1cc(Cl)ccc1OCCCC(=O)N1CCN(Cc2cccnc2)CC1. The molecule has 0 spiro atoms.